The largest absolute Gasteiger partial charge is 0.340 e. The number of hydrogen-bond donors (Lipinski definition) is 0. The monoisotopic (exact) mass is 463 g/mol. The number of nitrogens with zero attached hydrogens (tertiary/aromatic N) is 5. The number of aryl methyl sites for hydroxylation is 1. The summed E-state index contributed by atoms with van der Waals surface area (Å²) in [5.41, 5.74) is 3.68. The highest BCUT2D eigenvalue weighted by Crippen LogP contribution is 2.26. The Hall–Kier alpha value is -1.60. The van der Waals surface area contributed by atoms with E-state index in [-0.39, 0.29) is 5.91 Å². The SMILES string of the molecule is Cc1nn(-c2ccc(Cl)c(Cl)c2)c(C)c1CC(=O)N1CCN(CCN2CCCC2)CC1. The van der Waals surface area contributed by atoms with E-state index >= 15 is 0 Å². The maximum absolute atomic E-state index is 13.0. The van der Waals surface area contributed by atoms with Gasteiger partial charge in [0.15, 0.2) is 0 Å². The second kappa shape index (κ2) is 9.90. The van der Waals surface area contributed by atoms with Gasteiger partial charge in [-0.1, -0.05) is 23.2 Å². The fourth-order valence-corrected chi connectivity index (χ4v) is 4.86. The van der Waals surface area contributed by atoms with Crippen LogP contribution in [0.15, 0.2) is 18.2 Å². The van der Waals surface area contributed by atoms with Crippen molar-refractivity contribution in [1.82, 2.24) is 24.5 Å². The van der Waals surface area contributed by atoms with Gasteiger partial charge in [0, 0.05) is 50.5 Å². The second-order valence-electron chi connectivity index (χ2n) is 8.61. The summed E-state index contributed by atoms with van der Waals surface area (Å²) in [6.07, 6.45) is 3.05. The summed E-state index contributed by atoms with van der Waals surface area (Å²) in [5, 5.41) is 5.66. The van der Waals surface area contributed by atoms with Crippen molar-refractivity contribution in [1.29, 1.82) is 0 Å². The molecule has 0 saturated carbocycles. The molecule has 2 aliphatic rings. The zero-order chi connectivity index (χ0) is 22.0. The van der Waals surface area contributed by atoms with E-state index in [9.17, 15) is 4.79 Å². The van der Waals surface area contributed by atoms with Crippen molar-refractivity contribution in [3.63, 3.8) is 0 Å². The zero-order valence-electron chi connectivity index (χ0n) is 18.4. The molecule has 0 bridgehead atoms. The quantitative estimate of drug-likeness (QED) is 0.656. The minimum Gasteiger partial charge on any atom is -0.340 e. The van der Waals surface area contributed by atoms with Crippen LogP contribution >= 0.6 is 23.2 Å². The first-order valence-electron chi connectivity index (χ1n) is 11.2. The van der Waals surface area contributed by atoms with Crippen LogP contribution in [0.4, 0.5) is 0 Å². The minimum atomic E-state index is 0.180. The van der Waals surface area contributed by atoms with E-state index in [1.165, 1.54) is 25.9 Å². The second-order valence-corrected chi connectivity index (χ2v) is 9.42. The maximum Gasteiger partial charge on any atom is 0.227 e. The van der Waals surface area contributed by atoms with Gasteiger partial charge in [0.05, 0.1) is 27.8 Å². The summed E-state index contributed by atoms with van der Waals surface area (Å²) in [4.78, 5) is 20.1. The molecule has 0 unspecified atom stereocenters. The number of amides is 1. The first-order chi connectivity index (χ1) is 14.9. The Morgan fingerprint density at radius 3 is 2.23 bits per heavy atom. The number of benzene rings is 1. The fourth-order valence-electron chi connectivity index (χ4n) is 4.57. The van der Waals surface area contributed by atoms with Gasteiger partial charge in [-0.3, -0.25) is 9.69 Å². The third-order valence-electron chi connectivity index (χ3n) is 6.57. The molecule has 2 aromatic rings. The highest BCUT2D eigenvalue weighted by molar-refractivity contribution is 6.42. The molecular formula is C23H31Cl2N5O. The topological polar surface area (TPSA) is 44.6 Å². The summed E-state index contributed by atoms with van der Waals surface area (Å²) in [6.45, 7) is 12.2. The molecule has 2 aliphatic heterocycles. The summed E-state index contributed by atoms with van der Waals surface area (Å²) >= 11 is 12.2. The third kappa shape index (κ3) is 5.25. The average Bonchev–Trinajstić information content (AvgIpc) is 3.38. The van der Waals surface area contributed by atoms with Gasteiger partial charge >= 0.3 is 0 Å². The van der Waals surface area contributed by atoms with Crippen molar-refractivity contribution in [3.8, 4) is 5.69 Å². The number of halogens is 2. The smallest absolute Gasteiger partial charge is 0.227 e. The standard InChI is InChI=1S/C23H31Cl2N5O/c1-17-20(18(2)30(26-17)19-5-6-21(24)22(25)15-19)16-23(31)29-13-11-28(12-14-29)10-9-27-7-3-4-8-27/h5-6,15H,3-4,7-14,16H2,1-2H3. The van der Waals surface area contributed by atoms with Crippen LogP contribution in [0.3, 0.4) is 0 Å². The molecule has 4 rings (SSSR count). The van der Waals surface area contributed by atoms with Gasteiger partial charge < -0.3 is 9.80 Å². The van der Waals surface area contributed by atoms with Crippen molar-refractivity contribution in [3.05, 3.63) is 45.2 Å². The fraction of sp³-hybridized carbons (Fsp3) is 0.565. The van der Waals surface area contributed by atoms with Crippen LogP contribution in [0.5, 0.6) is 0 Å². The Kier molecular flexibility index (Phi) is 7.22. The molecule has 3 heterocycles. The molecule has 31 heavy (non-hydrogen) atoms. The van der Waals surface area contributed by atoms with Crippen LogP contribution in [-0.2, 0) is 11.2 Å². The van der Waals surface area contributed by atoms with E-state index in [1.807, 2.05) is 29.5 Å². The lowest BCUT2D eigenvalue weighted by atomic mass is 10.1. The van der Waals surface area contributed by atoms with Gasteiger partial charge in [-0.2, -0.15) is 5.10 Å². The molecule has 0 radical (unpaired) electrons. The van der Waals surface area contributed by atoms with Crippen LogP contribution in [0.25, 0.3) is 5.69 Å². The molecule has 0 N–H and O–H groups in total. The van der Waals surface area contributed by atoms with Crippen molar-refractivity contribution >= 4 is 29.1 Å². The molecule has 1 amide bonds. The molecule has 2 fully saturated rings. The van der Waals surface area contributed by atoms with Crippen molar-refractivity contribution in [2.75, 3.05) is 52.4 Å². The number of hydrogen-bond acceptors (Lipinski definition) is 4. The van der Waals surface area contributed by atoms with Gasteiger partial charge in [-0.15, -0.1) is 0 Å². The molecule has 1 aromatic heterocycles. The number of carbonyl (C=O) groups is 1. The van der Waals surface area contributed by atoms with E-state index < -0.39 is 0 Å². The first kappa shape index (κ1) is 22.6. The molecule has 0 atom stereocenters. The summed E-state index contributed by atoms with van der Waals surface area (Å²) < 4.78 is 1.84. The van der Waals surface area contributed by atoms with E-state index in [4.69, 9.17) is 23.2 Å². The molecule has 168 valence electrons. The predicted molar refractivity (Wildman–Crippen MR) is 125 cm³/mol. The summed E-state index contributed by atoms with van der Waals surface area (Å²) in [6, 6.07) is 5.46. The van der Waals surface area contributed by atoms with Gasteiger partial charge in [-0.25, -0.2) is 4.68 Å². The lowest BCUT2D eigenvalue weighted by molar-refractivity contribution is -0.132. The molecule has 2 saturated heterocycles. The highest BCUT2D eigenvalue weighted by Gasteiger charge is 2.24. The maximum atomic E-state index is 13.0. The molecular weight excluding hydrogens is 433 g/mol. The first-order valence-corrected chi connectivity index (χ1v) is 11.9. The van der Waals surface area contributed by atoms with Gasteiger partial charge in [0.1, 0.15) is 0 Å². The van der Waals surface area contributed by atoms with Crippen molar-refractivity contribution in [2.45, 2.75) is 33.1 Å². The highest BCUT2D eigenvalue weighted by atomic mass is 35.5. The van der Waals surface area contributed by atoms with Gasteiger partial charge in [-0.05, 0) is 58.0 Å². The van der Waals surface area contributed by atoms with E-state index in [0.29, 0.717) is 16.5 Å². The third-order valence-corrected chi connectivity index (χ3v) is 7.31. The van der Waals surface area contributed by atoms with Crippen LogP contribution in [0, 0.1) is 13.8 Å². The van der Waals surface area contributed by atoms with E-state index in [2.05, 4.69) is 14.9 Å². The zero-order valence-corrected chi connectivity index (χ0v) is 19.9. The summed E-state index contributed by atoms with van der Waals surface area (Å²) in [5.74, 6) is 0.180. The number of rotatable bonds is 6. The number of piperazine rings is 1. The van der Waals surface area contributed by atoms with Crippen molar-refractivity contribution in [2.24, 2.45) is 0 Å². The van der Waals surface area contributed by atoms with Gasteiger partial charge in [0.2, 0.25) is 5.91 Å². The van der Waals surface area contributed by atoms with Crippen LogP contribution in [-0.4, -0.2) is 82.7 Å². The molecule has 0 spiro atoms. The Bertz CT molecular complexity index is 930. The number of likely N-dealkylation sites (tertiary alicyclic amines) is 1. The van der Waals surface area contributed by atoms with Crippen LogP contribution in [0.1, 0.15) is 29.8 Å². The van der Waals surface area contributed by atoms with E-state index in [0.717, 1.165) is 61.9 Å². The normalized spacial score (nSPS) is 18.1. The van der Waals surface area contributed by atoms with Gasteiger partial charge in [0.25, 0.3) is 0 Å². The minimum absolute atomic E-state index is 0.180. The Morgan fingerprint density at radius 2 is 1.58 bits per heavy atom. The average molecular weight is 464 g/mol. The van der Waals surface area contributed by atoms with Crippen molar-refractivity contribution < 1.29 is 4.79 Å². The number of carbonyl (C=O) groups excluding carboxylic acids is 1. The Morgan fingerprint density at radius 1 is 0.935 bits per heavy atom. The Labute approximate surface area is 194 Å². The van der Waals surface area contributed by atoms with Crippen LogP contribution in [0.2, 0.25) is 10.0 Å². The van der Waals surface area contributed by atoms with E-state index in [1.54, 1.807) is 12.1 Å². The lowest BCUT2D eigenvalue weighted by Gasteiger charge is -2.35. The number of aromatic nitrogens is 2. The molecule has 8 heteroatoms. The molecule has 6 nitrogen and oxygen atoms in total. The van der Waals surface area contributed by atoms with Crippen LogP contribution < -0.4 is 0 Å². The molecule has 0 aliphatic carbocycles. The molecule has 1 aromatic carbocycles. The summed E-state index contributed by atoms with van der Waals surface area (Å²) in [7, 11) is 0. The lowest BCUT2D eigenvalue weighted by Crippen LogP contribution is -2.50. The Balaban J connectivity index is 1.34. The predicted octanol–water partition coefficient (Wildman–Crippen LogP) is 3.58.